The van der Waals surface area contributed by atoms with Crippen LogP contribution < -0.4 is 0 Å². The highest BCUT2D eigenvalue weighted by Gasteiger charge is 2.28. The minimum atomic E-state index is 0.629. The van der Waals surface area contributed by atoms with E-state index in [2.05, 4.69) is 26.8 Å². The molecule has 1 unspecified atom stereocenters. The van der Waals surface area contributed by atoms with Crippen LogP contribution in [0.5, 0.6) is 0 Å². The van der Waals surface area contributed by atoms with Crippen LogP contribution >= 0.6 is 0 Å². The minimum Gasteiger partial charge on any atom is -0.299 e. The Labute approximate surface area is 87.6 Å². The molecule has 0 N–H and O–H groups in total. The Morgan fingerprint density at radius 2 is 2.00 bits per heavy atom. The number of carbonyl (C=O) groups is 1. The van der Waals surface area contributed by atoms with E-state index in [1.165, 1.54) is 19.3 Å². The van der Waals surface area contributed by atoms with Gasteiger partial charge in [-0.15, -0.1) is 0 Å². The molecule has 80 valence electrons. The lowest BCUT2D eigenvalue weighted by Gasteiger charge is -2.35. The summed E-state index contributed by atoms with van der Waals surface area (Å²) in [7, 11) is 0. The van der Waals surface area contributed by atoms with Crippen LogP contribution in [0.2, 0.25) is 0 Å². The van der Waals surface area contributed by atoms with Crippen LogP contribution in [-0.2, 0) is 4.79 Å². The fraction of sp³-hybridized carbons (Fsp3) is 0.769. The largest absolute Gasteiger partial charge is 0.299 e. The first-order valence-electron chi connectivity index (χ1n) is 5.77. The van der Waals surface area contributed by atoms with Crippen molar-refractivity contribution in [2.75, 3.05) is 0 Å². The summed E-state index contributed by atoms with van der Waals surface area (Å²) in [6.45, 7) is 6.91. The summed E-state index contributed by atoms with van der Waals surface area (Å²) in [6, 6.07) is 0. The molecule has 0 heterocycles. The van der Waals surface area contributed by atoms with Gasteiger partial charge in [-0.1, -0.05) is 33.3 Å². The summed E-state index contributed by atoms with van der Waals surface area (Å²) in [5.41, 5.74) is 0. The lowest BCUT2D eigenvalue weighted by molar-refractivity contribution is -0.104. The van der Waals surface area contributed by atoms with Crippen LogP contribution in [0, 0.1) is 23.7 Å². The highest BCUT2D eigenvalue weighted by atomic mass is 16.1. The second-order valence-corrected chi connectivity index (χ2v) is 5.01. The van der Waals surface area contributed by atoms with Crippen molar-refractivity contribution in [3.63, 3.8) is 0 Å². The fourth-order valence-electron chi connectivity index (χ4n) is 2.69. The first-order valence-corrected chi connectivity index (χ1v) is 5.77. The summed E-state index contributed by atoms with van der Waals surface area (Å²) >= 11 is 0. The van der Waals surface area contributed by atoms with Gasteiger partial charge in [0.05, 0.1) is 0 Å². The maximum atomic E-state index is 10.3. The summed E-state index contributed by atoms with van der Waals surface area (Å²) in [6.07, 6.45) is 8.64. The van der Waals surface area contributed by atoms with Gasteiger partial charge in [-0.25, -0.2) is 0 Å². The van der Waals surface area contributed by atoms with Crippen LogP contribution in [0.15, 0.2) is 12.2 Å². The molecule has 1 rings (SSSR count). The lowest BCUT2D eigenvalue weighted by Crippen LogP contribution is -2.26. The fourth-order valence-corrected chi connectivity index (χ4v) is 2.69. The summed E-state index contributed by atoms with van der Waals surface area (Å²) in [5, 5.41) is 0. The van der Waals surface area contributed by atoms with Crippen LogP contribution in [0.25, 0.3) is 0 Å². The molecule has 1 fully saturated rings. The molecule has 0 aliphatic heterocycles. The van der Waals surface area contributed by atoms with E-state index in [1.807, 2.05) is 0 Å². The zero-order valence-electron chi connectivity index (χ0n) is 9.57. The summed E-state index contributed by atoms with van der Waals surface area (Å²) in [5.74, 6) is 2.97. The first-order chi connectivity index (χ1) is 6.65. The summed E-state index contributed by atoms with van der Waals surface area (Å²) < 4.78 is 0. The van der Waals surface area contributed by atoms with Gasteiger partial charge in [0.1, 0.15) is 6.29 Å². The molecule has 0 amide bonds. The predicted octanol–water partition coefficient (Wildman–Crippen LogP) is 3.45. The Morgan fingerprint density at radius 1 is 1.29 bits per heavy atom. The topological polar surface area (TPSA) is 17.1 Å². The van der Waals surface area contributed by atoms with Crippen molar-refractivity contribution in [1.82, 2.24) is 0 Å². The van der Waals surface area contributed by atoms with E-state index in [0.717, 1.165) is 24.0 Å². The standard InChI is InChI=1S/C13H22O/c1-10(2)13-7-6-11(3)9-12(13)5-4-8-14/h4-5,8,10-13H,6-7,9H2,1-3H3/b5-4+/t11-,12?,13+/m1/s1. The lowest BCUT2D eigenvalue weighted by atomic mass is 9.70. The van der Waals surface area contributed by atoms with E-state index in [-0.39, 0.29) is 0 Å². The quantitative estimate of drug-likeness (QED) is 0.497. The normalized spacial score (nSPS) is 33.9. The van der Waals surface area contributed by atoms with Crippen LogP contribution in [-0.4, -0.2) is 6.29 Å². The van der Waals surface area contributed by atoms with Gasteiger partial charge in [-0.3, -0.25) is 4.79 Å². The number of hydrogen-bond acceptors (Lipinski definition) is 1. The van der Waals surface area contributed by atoms with Crippen molar-refractivity contribution in [3.8, 4) is 0 Å². The molecule has 1 saturated carbocycles. The van der Waals surface area contributed by atoms with Gasteiger partial charge in [0.15, 0.2) is 0 Å². The second kappa shape index (κ2) is 5.33. The van der Waals surface area contributed by atoms with Gasteiger partial charge in [-0.2, -0.15) is 0 Å². The van der Waals surface area contributed by atoms with Gasteiger partial charge in [0.25, 0.3) is 0 Å². The average molecular weight is 194 g/mol. The Bertz CT molecular complexity index is 205. The molecule has 3 atom stereocenters. The molecule has 0 spiro atoms. The van der Waals surface area contributed by atoms with Gasteiger partial charge in [0, 0.05) is 0 Å². The molecule has 0 bridgehead atoms. The average Bonchev–Trinajstić information content (AvgIpc) is 2.14. The first kappa shape index (κ1) is 11.5. The highest BCUT2D eigenvalue weighted by molar-refractivity contribution is 5.64. The zero-order valence-corrected chi connectivity index (χ0v) is 9.57. The SMILES string of the molecule is CC(C)[C@@H]1CC[C@@H](C)CC1/C=C/C=O. The van der Waals surface area contributed by atoms with E-state index in [9.17, 15) is 4.79 Å². The molecule has 1 aliphatic rings. The molecular weight excluding hydrogens is 172 g/mol. The molecular formula is C13H22O. The number of aldehydes is 1. The van der Waals surface area contributed by atoms with E-state index < -0.39 is 0 Å². The Kier molecular flexibility index (Phi) is 4.37. The molecule has 0 aromatic rings. The Morgan fingerprint density at radius 3 is 2.57 bits per heavy atom. The van der Waals surface area contributed by atoms with E-state index in [1.54, 1.807) is 6.08 Å². The maximum Gasteiger partial charge on any atom is 0.142 e. The number of rotatable bonds is 3. The van der Waals surface area contributed by atoms with Gasteiger partial charge >= 0.3 is 0 Å². The Balaban J connectivity index is 2.63. The van der Waals surface area contributed by atoms with Crippen molar-refractivity contribution in [2.45, 2.75) is 40.0 Å². The van der Waals surface area contributed by atoms with Crippen molar-refractivity contribution < 1.29 is 4.79 Å². The Hall–Kier alpha value is -0.590. The molecule has 0 aromatic carbocycles. The third kappa shape index (κ3) is 2.97. The molecule has 0 aromatic heterocycles. The van der Waals surface area contributed by atoms with Crippen LogP contribution in [0.4, 0.5) is 0 Å². The van der Waals surface area contributed by atoms with E-state index >= 15 is 0 Å². The summed E-state index contributed by atoms with van der Waals surface area (Å²) in [4.78, 5) is 10.3. The second-order valence-electron chi connectivity index (χ2n) is 5.01. The van der Waals surface area contributed by atoms with Crippen molar-refractivity contribution in [1.29, 1.82) is 0 Å². The molecule has 1 nitrogen and oxygen atoms in total. The van der Waals surface area contributed by atoms with Gasteiger partial charge in [0.2, 0.25) is 0 Å². The van der Waals surface area contributed by atoms with Crippen molar-refractivity contribution in [3.05, 3.63) is 12.2 Å². The predicted molar refractivity (Wildman–Crippen MR) is 60.0 cm³/mol. The number of hydrogen-bond donors (Lipinski definition) is 0. The third-order valence-electron chi connectivity index (χ3n) is 3.51. The van der Waals surface area contributed by atoms with E-state index in [4.69, 9.17) is 0 Å². The molecule has 1 aliphatic carbocycles. The molecule has 0 radical (unpaired) electrons. The maximum absolute atomic E-state index is 10.3. The zero-order chi connectivity index (χ0) is 10.6. The molecule has 0 saturated heterocycles. The third-order valence-corrected chi connectivity index (χ3v) is 3.51. The van der Waals surface area contributed by atoms with Crippen LogP contribution in [0.1, 0.15) is 40.0 Å². The monoisotopic (exact) mass is 194 g/mol. The van der Waals surface area contributed by atoms with Crippen molar-refractivity contribution >= 4 is 6.29 Å². The minimum absolute atomic E-state index is 0.629. The van der Waals surface area contributed by atoms with Crippen LogP contribution in [0.3, 0.4) is 0 Å². The van der Waals surface area contributed by atoms with Gasteiger partial charge < -0.3 is 0 Å². The molecule has 14 heavy (non-hydrogen) atoms. The smallest absolute Gasteiger partial charge is 0.142 e. The van der Waals surface area contributed by atoms with Gasteiger partial charge in [-0.05, 0) is 42.6 Å². The number of allylic oxidation sites excluding steroid dienone is 2. The van der Waals surface area contributed by atoms with Crippen molar-refractivity contribution in [2.24, 2.45) is 23.7 Å². The number of carbonyl (C=O) groups excluding carboxylic acids is 1. The molecule has 1 heteroatoms. The van der Waals surface area contributed by atoms with E-state index in [0.29, 0.717) is 5.92 Å². The highest BCUT2D eigenvalue weighted by Crippen LogP contribution is 2.38.